The summed E-state index contributed by atoms with van der Waals surface area (Å²) >= 11 is 0. The number of ether oxygens (including phenoxy) is 1. The molecule has 0 aliphatic carbocycles. The van der Waals surface area contributed by atoms with Gasteiger partial charge in [0.05, 0.1) is 13.2 Å². The number of nitrogens with zero attached hydrogens (tertiary/aromatic N) is 2. The highest BCUT2D eigenvalue weighted by Gasteiger charge is 2.42. The fraction of sp³-hybridized carbons (Fsp3) is 0.278. The van der Waals surface area contributed by atoms with E-state index < -0.39 is 5.54 Å². The molecule has 2 aromatic rings. The fourth-order valence-electron chi connectivity index (χ4n) is 3.17. The minimum atomic E-state index is -0.721. The van der Waals surface area contributed by atoms with Crippen molar-refractivity contribution in [1.82, 2.24) is 4.90 Å². The summed E-state index contributed by atoms with van der Waals surface area (Å²) < 4.78 is 5.22. The van der Waals surface area contributed by atoms with Gasteiger partial charge in [0.15, 0.2) is 5.54 Å². The predicted molar refractivity (Wildman–Crippen MR) is 82.2 cm³/mol. The van der Waals surface area contributed by atoms with Crippen molar-refractivity contribution in [1.29, 1.82) is 5.26 Å². The van der Waals surface area contributed by atoms with E-state index in [0.717, 1.165) is 29.8 Å². The van der Waals surface area contributed by atoms with Crippen LogP contribution in [-0.4, -0.2) is 25.6 Å². The van der Waals surface area contributed by atoms with Gasteiger partial charge >= 0.3 is 0 Å². The lowest BCUT2D eigenvalue weighted by Gasteiger charge is -2.42. The molecule has 0 radical (unpaired) electrons. The van der Waals surface area contributed by atoms with Gasteiger partial charge in [-0.1, -0.05) is 36.4 Å². The summed E-state index contributed by atoms with van der Waals surface area (Å²) in [6, 6.07) is 18.6. The van der Waals surface area contributed by atoms with Crippen LogP contribution in [0.3, 0.4) is 0 Å². The summed E-state index contributed by atoms with van der Waals surface area (Å²) in [5.41, 5.74) is 2.61. The molecule has 0 aromatic heterocycles. The molecule has 0 spiro atoms. The maximum absolute atomic E-state index is 10.0. The van der Waals surface area contributed by atoms with Crippen LogP contribution in [0.5, 0.6) is 5.75 Å². The zero-order valence-corrected chi connectivity index (χ0v) is 12.3. The fourth-order valence-corrected chi connectivity index (χ4v) is 3.17. The van der Waals surface area contributed by atoms with Crippen molar-refractivity contribution in [3.8, 4) is 11.8 Å². The molecule has 0 saturated carbocycles. The van der Waals surface area contributed by atoms with Gasteiger partial charge in [-0.3, -0.25) is 4.90 Å². The Balaban J connectivity index is 2.21. The highest BCUT2D eigenvalue weighted by atomic mass is 16.5. The topological polar surface area (TPSA) is 36.3 Å². The summed E-state index contributed by atoms with van der Waals surface area (Å²) in [5, 5.41) is 10.0. The molecule has 3 nitrogen and oxygen atoms in total. The van der Waals surface area contributed by atoms with E-state index in [1.54, 1.807) is 7.11 Å². The molecule has 106 valence electrons. The lowest BCUT2D eigenvalue weighted by Crippen LogP contribution is -2.48. The van der Waals surface area contributed by atoms with E-state index in [1.165, 1.54) is 5.56 Å². The van der Waals surface area contributed by atoms with Gasteiger partial charge < -0.3 is 4.74 Å². The quantitative estimate of drug-likeness (QED) is 0.847. The molecule has 1 atom stereocenters. The molecule has 0 saturated heterocycles. The zero-order valence-electron chi connectivity index (χ0n) is 12.3. The second kappa shape index (κ2) is 5.23. The van der Waals surface area contributed by atoms with Gasteiger partial charge in [0, 0.05) is 6.54 Å². The zero-order chi connectivity index (χ0) is 14.9. The Labute approximate surface area is 125 Å². The van der Waals surface area contributed by atoms with Crippen molar-refractivity contribution in [2.45, 2.75) is 12.0 Å². The Bertz CT molecular complexity index is 687. The van der Waals surface area contributed by atoms with Gasteiger partial charge in [0.1, 0.15) is 5.75 Å². The third-order valence-corrected chi connectivity index (χ3v) is 4.37. The Hall–Kier alpha value is -2.31. The van der Waals surface area contributed by atoms with Crippen molar-refractivity contribution >= 4 is 0 Å². The lowest BCUT2D eigenvalue weighted by atomic mass is 9.77. The molecule has 3 heteroatoms. The maximum atomic E-state index is 10.0. The van der Waals surface area contributed by atoms with Gasteiger partial charge in [-0.15, -0.1) is 0 Å². The Morgan fingerprint density at radius 3 is 2.52 bits per heavy atom. The molecule has 1 aliphatic rings. The average Bonchev–Trinajstić information content (AvgIpc) is 2.55. The third-order valence-electron chi connectivity index (χ3n) is 4.37. The minimum Gasteiger partial charge on any atom is -0.497 e. The number of hydrogen-bond donors (Lipinski definition) is 0. The first kappa shape index (κ1) is 13.7. The van der Waals surface area contributed by atoms with Crippen LogP contribution in [-0.2, 0) is 12.0 Å². The number of hydrogen-bond acceptors (Lipinski definition) is 3. The SMILES string of the molecule is COc1ccc(C2(C#N)c3ccccc3CCN2C)cc1. The minimum absolute atomic E-state index is 0.721. The van der Waals surface area contributed by atoms with Crippen LogP contribution >= 0.6 is 0 Å². The van der Waals surface area contributed by atoms with Crippen molar-refractivity contribution in [2.24, 2.45) is 0 Å². The molecule has 3 rings (SSSR count). The molecule has 2 aromatic carbocycles. The van der Waals surface area contributed by atoms with Crippen LogP contribution in [0.15, 0.2) is 48.5 Å². The lowest BCUT2D eigenvalue weighted by molar-refractivity contribution is 0.200. The monoisotopic (exact) mass is 278 g/mol. The van der Waals surface area contributed by atoms with E-state index in [0.29, 0.717) is 0 Å². The molecule has 1 aliphatic heterocycles. The summed E-state index contributed by atoms with van der Waals surface area (Å²) in [6.45, 7) is 0.872. The molecule has 21 heavy (non-hydrogen) atoms. The molecular formula is C18H18N2O. The number of fused-ring (bicyclic) bond motifs is 1. The summed E-state index contributed by atoms with van der Waals surface area (Å²) in [7, 11) is 3.67. The molecule has 0 bridgehead atoms. The number of nitriles is 1. The second-order valence-electron chi connectivity index (χ2n) is 5.38. The number of likely N-dealkylation sites (N-methyl/N-ethyl adjacent to an activating group) is 1. The summed E-state index contributed by atoms with van der Waals surface area (Å²) in [6.07, 6.45) is 0.978. The number of benzene rings is 2. The Kier molecular flexibility index (Phi) is 3.40. The van der Waals surface area contributed by atoms with E-state index in [1.807, 2.05) is 43.4 Å². The highest BCUT2D eigenvalue weighted by Crippen LogP contribution is 2.40. The van der Waals surface area contributed by atoms with Crippen LogP contribution in [0.4, 0.5) is 0 Å². The highest BCUT2D eigenvalue weighted by molar-refractivity contribution is 5.51. The van der Waals surface area contributed by atoms with Gasteiger partial charge in [-0.2, -0.15) is 5.26 Å². The van der Waals surface area contributed by atoms with Crippen LogP contribution in [0.2, 0.25) is 0 Å². The first-order valence-electron chi connectivity index (χ1n) is 7.08. The van der Waals surface area contributed by atoms with Crippen LogP contribution in [0, 0.1) is 11.3 Å². The second-order valence-corrected chi connectivity index (χ2v) is 5.38. The first-order valence-corrected chi connectivity index (χ1v) is 7.08. The molecule has 0 fully saturated rings. The summed E-state index contributed by atoms with van der Waals surface area (Å²) in [4.78, 5) is 2.14. The predicted octanol–water partition coefficient (Wildman–Crippen LogP) is 2.95. The van der Waals surface area contributed by atoms with Crippen LogP contribution in [0.25, 0.3) is 0 Å². The third kappa shape index (κ3) is 2.00. The van der Waals surface area contributed by atoms with Gasteiger partial charge in [0.2, 0.25) is 0 Å². The molecule has 0 amide bonds. The normalized spacial score (nSPS) is 21.4. The number of rotatable bonds is 2. The number of methoxy groups -OCH3 is 1. The molecule has 0 N–H and O–H groups in total. The largest absolute Gasteiger partial charge is 0.497 e. The van der Waals surface area contributed by atoms with Crippen LogP contribution < -0.4 is 4.74 Å². The van der Waals surface area contributed by atoms with Crippen molar-refractivity contribution in [3.63, 3.8) is 0 Å². The van der Waals surface area contributed by atoms with E-state index >= 15 is 0 Å². The van der Waals surface area contributed by atoms with Crippen molar-refractivity contribution in [3.05, 3.63) is 65.2 Å². The van der Waals surface area contributed by atoms with E-state index in [9.17, 15) is 5.26 Å². The Morgan fingerprint density at radius 1 is 1.14 bits per heavy atom. The smallest absolute Gasteiger partial charge is 0.160 e. The van der Waals surface area contributed by atoms with Crippen molar-refractivity contribution in [2.75, 3.05) is 20.7 Å². The van der Waals surface area contributed by atoms with E-state index in [-0.39, 0.29) is 0 Å². The first-order chi connectivity index (χ1) is 10.2. The van der Waals surface area contributed by atoms with Gasteiger partial charge in [-0.05, 0) is 42.3 Å². The maximum Gasteiger partial charge on any atom is 0.160 e. The Morgan fingerprint density at radius 2 is 1.86 bits per heavy atom. The van der Waals surface area contributed by atoms with Gasteiger partial charge in [-0.25, -0.2) is 0 Å². The van der Waals surface area contributed by atoms with Crippen LogP contribution in [0.1, 0.15) is 16.7 Å². The standard InChI is InChI=1S/C18H18N2O/c1-20-12-11-14-5-3-4-6-17(14)18(20,13-19)15-7-9-16(21-2)10-8-15/h3-10H,11-12H2,1-2H3. The molecular weight excluding hydrogens is 260 g/mol. The van der Waals surface area contributed by atoms with E-state index in [2.05, 4.69) is 23.1 Å². The van der Waals surface area contributed by atoms with Gasteiger partial charge in [0.25, 0.3) is 0 Å². The summed E-state index contributed by atoms with van der Waals surface area (Å²) in [5.74, 6) is 0.804. The molecule has 1 unspecified atom stereocenters. The average molecular weight is 278 g/mol. The molecule has 1 heterocycles. The van der Waals surface area contributed by atoms with E-state index in [4.69, 9.17) is 4.74 Å². The van der Waals surface area contributed by atoms with Crippen molar-refractivity contribution < 1.29 is 4.74 Å².